The van der Waals surface area contributed by atoms with E-state index in [9.17, 15) is 4.79 Å². The van der Waals surface area contributed by atoms with E-state index in [1.165, 1.54) is 7.11 Å². The van der Waals surface area contributed by atoms with Gasteiger partial charge in [-0.05, 0) is 12.5 Å². The van der Waals surface area contributed by atoms with Gasteiger partial charge in [-0.3, -0.25) is 0 Å². The van der Waals surface area contributed by atoms with Gasteiger partial charge in [-0.25, -0.2) is 9.69 Å². The molecule has 0 aromatic carbocycles. The van der Waals surface area contributed by atoms with E-state index in [-0.39, 0.29) is 0 Å². The highest BCUT2D eigenvalue weighted by molar-refractivity contribution is 5.69. The molecule has 0 rings (SSSR count). The number of rotatable bonds is 2. The number of allylic oxidation sites excluding steroid dienone is 1. The number of terminal acetylenes is 1. The summed E-state index contributed by atoms with van der Waals surface area (Å²) in [4.78, 5) is 12.1. The minimum Gasteiger partial charge on any atom is -0.452 e. The van der Waals surface area contributed by atoms with Crippen LogP contribution in [0, 0.1) is 24.3 Å². The molecule has 0 aromatic heterocycles. The molecule has 0 bridgehead atoms. The van der Waals surface area contributed by atoms with Gasteiger partial charge in [0.25, 0.3) is 0 Å². The molecule has 0 aliphatic heterocycles. The van der Waals surface area contributed by atoms with Crippen molar-refractivity contribution in [3.8, 4) is 24.3 Å². The van der Waals surface area contributed by atoms with E-state index in [2.05, 4.69) is 29.2 Å². The molecule has 0 radical (unpaired) electrons. The summed E-state index contributed by atoms with van der Waals surface area (Å²) in [7, 11) is 1.28. The van der Waals surface area contributed by atoms with E-state index in [0.717, 1.165) is 10.5 Å². The number of carbonyl (C=O) groups excluding carboxylic acids is 1. The number of ether oxygens (including phenoxy) is 1. The van der Waals surface area contributed by atoms with Crippen LogP contribution in [0.5, 0.6) is 0 Å². The lowest BCUT2D eigenvalue weighted by Gasteiger charge is -2.11. The predicted molar refractivity (Wildman–Crippen MR) is 55.2 cm³/mol. The zero-order valence-electron chi connectivity index (χ0n) is 8.46. The van der Waals surface area contributed by atoms with Crippen LogP contribution in [0.2, 0.25) is 0 Å². The van der Waals surface area contributed by atoms with E-state index in [1.807, 2.05) is 6.92 Å². The number of methoxy groups -OCH3 is 1. The molecule has 0 aliphatic rings. The van der Waals surface area contributed by atoms with Gasteiger partial charge in [0.1, 0.15) is 0 Å². The van der Waals surface area contributed by atoms with Crippen LogP contribution in [-0.4, -0.2) is 24.6 Å². The second-order valence-electron chi connectivity index (χ2n) is 2.58. The second-order valence-corrected chi connectivity index (χ2v) is 2.58. The summed E-state index contributed by atoms with van der Waals surface area (Å²) in [6.07, 6.45) is 5.07. The molecule has 3 heteroatoms. The molecular weight excluding hydrogens is 178 g/mol. The Bertz CT molecular complexity index is 314. The molecule has 0 saturated carbocycles. The zero-order valence-corrected chi connectivity index (χ0v) is 8.46. The summed E-state index contributed by atoms with van der Waals surface area (Å²) < 4.78 is 4.46. The van der Waals surface area contributed by atoms with Gasteiger partial charge in [0, 0.05) is 19.0 Å². The van der Waals surface area contributed by atoms with E-state index in [1.54, 1.807) is 0 Å². The highest BCUT2D eigenvalue weighted by atomic mass is 16.5. The summed E-state index contributed by atoms with van der Waals surface area (Å²) in [5, 5.41) is 0. The summed E-state index contributed by atoms with van der Waals surface area (Å²) in [5.74, 6) is 5.62. The number of carbonyl (C=O) groups is 1. The van der Waals surface area contributed by atoms with Gasteiger partial charge in [-0.1, -0.05) is 24.8 Å². The number of nitrogens with zero attached hydrogens (tertiary/aromatic N) is 1. The van der Waals surface area contributed by atoms with Crippen molar-refractivity contribution < 1.29 is 9.53 Å². The predicted octanol–water partition coefficient (Wildman–Crippen LogP) is 1.62. The highest BCUT2D eigenvalue weighted by Crippen LogP contribution is 1.93. The van der Waals surface area contributed by atoms with Crippen LogP contribution in [0.3, 0.4) is 0 Å². The fourth-order valence-corrected chi connectivity index (χ4v) is 0.700. The van der Waals surface area contributed by atoms with E-state index < -0.39 is 6.09 Å². The average Bonchev–Trinajstić information content (AvgIpc) is 2.16. The van der Waals surface area contributed by atoms with Gasteiger partial charge < -0.3 is 4.74 Å². The van der Waals surface area contributed by atoms with Gasteiger partial charge in [-0.2, -0.15) is 0 Å². The topological polar surface area (TPSA) is 29.5 Å². The van der Waals surface area contributed by atoms with Crippen LogP contribution in [0.1, 0.15) is 13.3 Å². The van der Waals surface area contributed by atoms with Crippen molar-refractivity contribution in [3.05, 3.63) is 12.2 Å². The quantitative estimate of drug-likeness (QED) is 0.490. The first-order chi connectivity index (χ1) is 6.61. The molecule has 0 aliphatic carbocycles. The molecule has 0 aromatic rings. The third-order valence-corrected chi connectivity index (χ3v) is 1.31. The molecule has 0 spiro atoms. The second kappa shape index (κ2) is 6.62. The molecule has 14 heavy (non-hydrogen) atoms. The van der Waals surface area contributed by atoms with Crippen LogP contribution >= 0.6 is 0 Å². The average molecular weight is 191 g/mol. The summed E-state index contributed by atoms with van der Waals surface area (Å²) >= 11 is 0. The molecule has 0 N–H and O–H groups in total. The van der Waals surface area contributed by atoms with Crippen molar-refractivity contribution in [2.24, 2.45) is 0 Å². The van der Waals surface area contributed by atoms with Gasteiger partial charge in [0.2, 0.25) is 0 Å². The Morgan fingerprint density at radius 3 is 2.71 bits per heavy atom. The lowest BCUT2D eigenvalue weighted by Crippen LogP contribution is -2.26. The first-order valence-corrected chi connectivity index (χ1v) is 4.08. The Kier molecular flexibility index (Phi) is 5.74. The van der Waals surface area contributed by atoms with Crippen LogP contribution in [0.25, 0.3) is 0 Å². The lowest BCUT2D eigenvalue weighted by atomic mass is 10.3. The standard InChI is InChI=1S/C11H13NO2/c1-5-12(11(13)14-4)9-7-6-8-10(2)3/h1H,2,7,9H2,3-4H3. The molecule has 0 saturated heterocycles. The van der Waals surface area contributed by atoms with Crippen molar-refractivity contribution in [3.63, 3.8) is 0 Å². The van der Waals surface area contributed by atoms with Crippen molar-refractivity contribution in [2.75, 3.05) is 13.7 Å². The molecular formula is C11H13NO2. The summed E-state index contributed by atoms with van der Waals surface area (Å²) in [6.45, 7) is 5.80. The maximum atomic E-state index is 11.0. The maximum Gasteiger partial charge on any atom is 0.421 e. The van der Waals surface area contributed by atoms with Crippen molar-refractivity contribution in [2.45, 2.75) is 13.3 Å². The van der Waals surface area contributed by atoms with Gasteiger partial charge in [0.05, 0.1) is 7.11 Å². The normalized spacial score (nSPS) is 7.79. The Morgan fingerprint density at radius 2 is 2.29 bits per heavy atom. The minimum atomic E-state index is -0.537. The van der Waals surface area contributed by atoms with Crippen molar-refractivity contribution >= 4 is 6.09 Å². The maximum absolute atomic E-state index is 11.0. The Morgan fingerprint density at radius 1 is 1.64 bits per heavy atom. The van der Waals surface area contributed by atoms with Crippen molar-refractivity contribution in [1.82, 2.24) is 4.90 Å². The van der Waals surface area contributed by atoms with E-state index >= 15 is 0 Å². The first-order valence-electron chi connectivity index (χ1n) is 4.08. The zero-order chi connectivity index (χ0) is 11.0. The number of hydrogen-bond acceptors (Lipinski definition) is 2. The van der Waals surface area contributed by atoms with E-state index in [4.69, 9.17) is 6.42 Å². The lowest BCUT2D eigenvalue weighted by molar-refractivity contribution is 0.143. The largest absolute Gasteiger partial charge is 0.452 e. The van der Waals surface area contributed by atoms with Crippen LogP contribution in [0.15, 0.2) is 12.2 Å². The molecule has 0 fully saturated rings. The molecule has 0 unspecified atom stereocenters. The Hall–Kier alpha value is -1.87. The number of hydrogen-bond donors (Lipinski definition) is 0. The molecule has 0 heterocycles. The van der Waals surface area contributed by atoms with E-state index in [0.29, 0.717) is 13.0 Å². The minimum absolute atomic E-state index is 0.365. The van der Waals surface area contributed by atoms with Gasteiger partial charge in [-0.15, -0.1) is 0 Å². The van der Waals surface area contributed by atoms with Crippen LogP contribution in [0.4, 0.5) is 4.79 Å². The van der Waals surface area contributed by atoms with Gasteiger partial charge >= 0.3 is 6.09 Å². The Labute approximate surface area is 84.7 Å². The third kappa shape index (κ3) is 4.90. The highest BCUT2D eigenvalue weighted by Gasteiger charge is 2.08. The van der Waals surface area contributed by atoms with Gasteiger partial charge in [0.15, 0.2) is 0 Å². The fourth-order valence-electron chi connectivity index (χ4n) is 0.700. The molecule has 3 nitrogen and oxygen atoms in total. The first kappa shape index (κ1) is 12.1. The fraction of sp³-hybridized carbons (Fsp3) is 0.364. The Balaban J connectivity index is 4.01. The molecule has 1 amide bonds. The van der Waals surface area contributed by atoms with Crippen molar-refractivity contribution in [1.29, 1.82) is 0 Å². The molecule has 0 atom stereocenters. The third-order valence-electron chi connectivity index (χ3n) is 1.31. The van der Waals surface area contributed by atoms with Crippen LogP contribution in [-0.2, 0) is 4.74 Å². The smallest absolute Gasteiger partial charge is 0.421 e. The monoisotopic (exact) mass is 191 g/mol. The summed E-state index contributed by atoms with van der Waals surface area (Å²) in [6, 6.07) is 2.21. The SMILES string of the molecule is C#CN(CCC#CC(=C)C)C(=O)OC. The summed E-state index contributed by atoms with van der Waals surface area (Å²) in [5.41, 5.74) is 0.787. The molecule has 74 valence electrons. The van der Waals surface area contributed by atoms with Crippen LogP contribution < -0.4 is 0 Å². The number of amides is 1.